The first kappa shape index (κ1) is 8.98. The molecule has 0 bridgehead atoms. The number of nitrogens with one attached hydrogen (secondary N) is 1. The van der Waals surface area contributed by atoms with Gasteiger partial charge in [0.15, 0.2) is 0 Å². The van der Waals surface area contributed by atoms with E-state index in [0.717, 1.165) is 5.92 Å². The minimum absolute atomic E-state index is 0. The van der Waals surface area contributed by atoms with E-state index in [1.807, 2.05) is 0 Å². The summed E-state index contributed by atoms with van der Waals surface area (Å²) in [5, 5.41) is 3.32. The molecule has 0 saturated carbocycles. The van der Waals surface area contributed by atoms with Crippen LogP contribution in [0.3, 0.4) is 0 Å². The van der Waals surface area contributed by atoms with E-state index in [2.05, 4.69) is 27.9 Å². The Morgan fingerprint density at radius 3 is 2.62 bits per heavy atom. The van der Waals surface area contributed by atoms with Crippen LogP contribution in [0.1, 0.15) is 6.42 Å². The highest BCUT2D eigenvalue weighted by molar-refractivity contribution is 14.1. The van der Waals surface area contributed by atoms with Crippen molar-refractivity contribution < 1.29 is 0 Å². The first-order valence-electron chi connectivity index (χ1n) is 2.70. The molecule has 0 radical (unpaired) electrons. The zero-order valence-electron chi connectivity index (χ0n) is 4.69. The second-order valence-electron chi connectivity index (χ2n) is 2.01. The fourth-order valence-electron chi connectivity index (χ4n) is 0.846. The molecule has 0 aliphatic carbocycles. The van der Waals surface area contributed by atoms with Crippen molar-refractivity contribution in [2.45, 2.75) is 6.42 Å². The van der Waals surface area contributed by atoms with Crippen molar-refractivity contribution in [3.8, 4) is 0 Å². The van der Waals surface area contributed by atoms with Crippen LogP contribution < -0.4 is 5.32 Å². The number of rotatable bonds is 1. The lowest BCUT2D eigenvalue weighted by atomic mass is 10.2. The van der Waals surface area contributed by atoms with Crippen molar-refractivity contribution in [1.82, 2.24) is 5.32 Å². The number of halogens is 2. The molecular weight excluding hydrogens is 236 g/mol. The summed E-state index contributed by atoms with van der Waals surface area (Å²) in [6.45, 7) is 2.50. The minimum atomic E-state index is 0. The largest absolute Gasteiger partial charge is 0.316 e. The predicted molar refractivity (Wildman–Crippen MR) is 47.1 cm³/mol. The van der Waals surface area contributed by atoms with E-state index < -0.39 is 0 Å². The standard InChI is InChI=1S/C5H10IN.ClH/c6-3-5-1-2-7-4-5;/h5,7H,1-4H2;1H. The molecule has 1 N–H and O–H groups in total. The van der Waals surface area contributed by atoms with Crippen LogP contribution in [0.2, 0.25) is 0 Å². The number of hydrogen-bond acceptors (Lipinski definition) is 1. The number of alkyl halides is 1. The summed E-state index contributed by atoms with van der Waals surface area (Å²) in [5.41, 5.74) is 0. The van der Waals surface area contributed by atoms with Gasteiger partial charge in [0.05, 0.1) is 0 Å². The third-order valence-electron chi connectivity index (χ3n) is 1.38. The maximum atomic E-state index is 3.32. The lowest BCUT2D eigenvalue weighted by Gasteiger charge is -1.97. The maximum absolute atomic E-state index is 3.32. The van der Waals surface area contributed by atoms with Crippen LogP contribution in [0.4, 0.5) is 0 Å². The Hall–Kier alpha value is 0.980. The average molecular weight is 248 g/mol. The Labute approximate surface area is 70.2 Å². The fraction of sp³-hybridized carbons (Fsp3) is 1.00. The van der Waals surface area contributed by atoms with Gasteiger partial charge in [-0.15, -0.1) is 12.4 Å². The molecule has 0 amide bonds. The molecule has 1 nitrogen and oxygen atoms in total. The van der Waals surface area contributed by atoms with Crippen molar-refractivity contribution >= 4 is 35.0 Å². The van der Waals surface area contributed by atoms with Gasteiger partial charge in [-0.1, -0.05) is 22.6 Å². The molecule has 1 unspecified atom stereocenters. The summed E-state index contributed by atoms with van der Waals surface area (Å²) in [5.74, 6) is 0.973. The average Bonchev–Trinajstić information content (AvgIpc) is 2.14. The van der Waals surface area contributed by atoms with Crippen LogP contribution in [-0.2, 0) is 0 Å². The lowest BCUT2D eigenvalue weighted by Crippen LogP contribution is -2.09. The molecule has 1 fully saturated rings. The highest BCUT2D eigenvalue weighted by atomic mass is 127. The van der Waals surface area contributed by atoms with E-state index in [0.29, 0.717) is 0 Å². The van der Waals surface area contributed by atoms with E-state index in [1.165, 1.54) is 23.9 Å². The molecule has 3 heteroatoms. The van der Waals surface area contributed by atoms with Gasteiger partial charge in [-0.05, 0) is 25.4 Å². The highest BCUT2D eigenvalue weighted by Gasteiger charge is 2.11. The molecule has 50 valence electrons. The highest BCUT2D eigenvalue weighted by Crippen LogP contribution is 2.09. The van der Waals surface area contributed by atoms with Gasteiger partial charge in [0.2, 0.25) is 0 Å². The monoisotopic (exact) mass is 247 g/mol. The van der Waals surface area contributed by atoms with Crippen LogP contribution in [0.15, 0.2) is 0 Å². The van der Waals surface area contributed by atoms with Gasteiger partial charge in [-0.2, -0.15) is 0 Å². The fourth-order valence-corrected chi connectivity index (χ4v) is 1.60. The molecule has 1 rings (SSSR count). The van der Waals surface area contributed by atoms with E-state index >= 15 is 0 Å². The van der Waals surface area contributed by atoms with Crippen molar-refractivity contribution in [3.63, 3.8) is 0 Å². The van der Waals surface area contributed by atoms with Gasteiger partial charge < -0.3 is 5.32 Å². The van der Waals surface area contributed by atoms with E-state index in [-0.39, 0.29) is 12.4 Å². The van der Waals surface area contributed by atoms with Crippen molar-refractivity contribution in [1.29, 1.82) is 0 Å². The first-order valence-corrected chi connectivity index (χ1v) is 4.22. The van der Waals surface area contributed by atoms with Crippen LogP contribution in [0.25, 0.3) is 0 Å². The summed E-state index contributed by atoms with van der Waals surface area (Å²) < 4.78 is 1.32. The van der Waals surface area contributed by atoms with Gasteiger partial charge in [0.1, 0.15) is 0 Å². The smallest absolute Gasteiger partial charge is 0.00362 e. The van der Waals surface area contributed by atoms with Crippen molar-refractivity contribution in [2.75, 3.05) is 17.5 Å². The van der Waals surface area contributed by atoms with Gasteiger partial charge >= 0.3 is 0 Å². The normalized spacial score (nSPS) is 27.4. The van der Waals surface area contributed by atoms with E-state index in [1.54, 1.807) is 0 Å². The molecular formula is C5H11ClIN. The third kappa shape index (κ3) is 2.51. The third-order valence-corrected chi connectivity index (χ3v) is 2.63. The van der Waals surface area contributed by atoms with Gasteiger partial charge in [-0.25, -0.2) is 0 Å². The van der Waals surface area contributed by atoms with Crippen molar-refractivity contribution in [3.05, 3.63) is 0 Å². The molecule has 0 aromatic carbocycles. The summed E-state index contributed by atoms with van der Waals surface area (Å²) in [7, 11) is 0. The molecule has 8 heavy (non-hydrogen) atoms. The first-order chi connectivity index (χ1) is 3.43. The molecule has 1 aliphatic rings. The zero-order chi connectivity index (χ0) is 5.11. The summed E-state index contributed by atoms with van der Waals surface area (Å²) in [4.78, 5) is 0. The Kier molecular flexibility index (Phi) is 5.41. The molecule has 0 aromatic heterocycles. The second kappa shape index (κ2) is 4.82. The molecule has 1 atom stereocenters. The maximum Gasteiger partial charge on any atom is 0.00362 e. The Morgan fingerprint density at radius 1 is 1.62 bits per heavy atom. The second-order valence-corrected chi connectivity index (χ2v) is 2.89. The quantitative estimate of drug-likeness (QED) is 0.546. The van der Waals surface area contributed by atoms with E-state index in [4.69, 9.17) is 0 Å². The molecule has 0 aromatic rings. The van der Waals surface area contributed by atoms with Crippen LogP contribution in [-0.4, -0.2) is 17.5 Å². The minimum Gasteiger partial charge on any atom is -0.316 e. The van der Waals surface area contributed by atoms with Crippen LogP contribution in [0.5, 0.6) is 0 Å². The predicted octanol–water partition coefficient (Wildman–Crippen LogP) is 1.45. The Balaban J connectivity index is 0.000000490. The van der Waals surface area contributed by atoms with Crippen molar-refractivity contribution in [2.24, 2.45) is 5.92 Å². The van der Waals surface area contributed by atoms with Gasteiger partial charge in [0, 0.05) is 4.43 Å². The van der Waals surface area contributed by atoms with Crippen LogP contribution in [0, 0.1) is 5.92 Å². The van der Waals surface area contributed by atoms with Gasteiger partial charge in [-0.3, -0.25) is 0 Å². The SMILES string of the molecule is Cl.ICC1CCNC1. The van der Waals surface area contributed by atoms with E-state index in [9.17, 15) is 0 Å². The molecule has 1 heterocycles. The molecule has 0 spiro atoms. The molecule has 1 aliphatic heterocycles. The Morgan fingerprint density at radius 2 is 2.38 bits per heavy atom. The summed E-state index contributed by atoms with van der Waals surface area (Å²) in [6.07, 6.45) is 1.39. The number of hydrogen-bond donors (Lipinski definition) is 1. The topological polar surface area (TPSA) is 12.0 Å². The molecule has 1 saturated heterocycles. The van der Waals surface area contributed by atoms with Gasteiger partial charge in [0.25, 0.3) is 0 Å². The summed E-state index contributed by atoms with van der Waals surface area (Å²) >= 11 is 2.45. The zero-order valence-corrected chi connectivity index (χ0v) is 7.67. The van der Waals surface area contributed by atoms with Crippen LogP contribution >= 0.6 is 35.0 Å². The Bertz CT molecular complexity index is 54.4. The summed E-state index contributed by atoms with van der Waals surface area (Å²) in [6, 6.07) is 0. The lowest BCUT2D eigenvalue weighted by molar-refractivity contribution is 0.673.